The molecule has 0 spiro atoms. The van der Waals surface area contributed by atoms with Crippen molar-refractivity contribution >= 4 is 34.5 Å². The van der Waals surface area contributed by atoms with E-state index in [1.54, 1.807) is 40.9 Å². The molecular weight excluding hydrogens is 539 g/mol. The topological polar surface area (TPSA) is 144 Å². The Morgan fingerprint density at radius 2 is 1.93 bits per heavy atom. The third-order valence-electron chi connectivity index (χ3n) is 6.67. The average Bonchev–Trinajstić information content (AvgIpc) is 3.59. The van der Waals surface area contributed by atoms with Crippen molar-refractivity contribution in [2.45, 2.75) is 18.6 Å². The summed E-state index contributed by atoms with van der Waals surface area (Å²) in [6, 6.07) is 7.82. The smallest absolute Gasteiger partial charge is 0.383 e. The quantitative estimate of drug-likeness (QED) is 0.290. The zero-order valence-corrected chi connectivity index (χ0v) is 21.9. The number of likely N-dealkylation sites (tertiary alicyclic amines) is 1. The number of alkyl halides is 3. The number of likely N-dealkylation sites (N-methyl/N-ethyl adjacent to an activating group) is 1. The third-order valence-corrected chi connectivity index (χ3v) is 6.67. The van der Waals surface area contributed by atoms with Crippen LogP contribution >= 0.6 is 0 Å². The van der Waals surface area contributed by atoms with Crippen LogP contribution in [0.25, 0.3) is 22.3 Å². The third kappa shape index (κ3) is 5.87. The van der Waals surface area contributed by atoms with Crippen molar-refractivity contribution in [1.82, 2.24) is 34.9 Å². The van der Waals surface area contributed by atoms with Crippen LogP contribution in [0.3, 0.4) is 0 Å². The SMILES string of the molecule is CNC/C=C/C(=O)N1CC[C@@H](n2nc(-c3ccc(C(=O)Nc4cc(C(F)(F)F)ccn4)cc3)c3c(N)ncnc32)C1. The molecule has 0 radical (unpaired) electrons. The Morgan fingerprint density at radius 1 is 1.15 bits per heavy atom. The first-order valence-electron chi connectivity index (χ1n) is 12.7. The minimum Gasteiger partial charge on any atom is -0.383 e. The van der Waals surface area contributed by atoms with Gasteiger partial charge in [0.2, 0.25) is 5.91 Å². The minimum atomic E-state index is -4.56. The summed E-state index contributed by atoms with van der Waals surface area (Å²) in [5.74, 6) is -0.691. The lowest BCUT2D eigenvalue weighted by molar-refractivity contribution is -0.137. The molecule has 3 aromatic heterocycles. The molecule has 14 heteroatoms. The average molecular weight is 566 g/mol. The highest BCUT2D eigenvalue weighted by Gasteiger charge is 2.31. The van der Waals surface area contributed by atoms with E-state index in [-0.39, 0.29) is 29.1 Å². The molecule has 1 aliphatic heterocycles. The molecule has 11 nitrogen and oxygen atoms in total. The van der Waals surface area contributed by atoms with Crippen molar-refractivity contribution in [1.29, 1.82) is 0 Å². The van der Waals surface area contributed by atoms with Crippen LogP contribution in [0.2, 0.25) is 0 Å². The van der Waals surface area contributed by atoms with Gasteiger partial charge in [-0.2, -0.15) is 18.3 Å². The number of nitrogens with two attached hydrogens (primary N) is 1. The fourth-order valence-electron chi connectivity index (χ4n) is 4.62. The number of aromatic nitrogens is 5. The number of pyridine rings is 1. The van der Waals surface area contributed by atoms with Crippen LogP contribution in [0.1, 0.15) is 28.4 Å². The van der Waals surface area contributed by atoms with Gasteiger partial charge in [0.25, 0.3) is 5.91 Å². The van der Waals surface area contributed by atoms with Crippen molar-refractivity contribution in [2.75, 3.05) is 37.7 Å². The first-order valence-corrected chi connectivity index (χ1v) is 12.7. The molecule has 1 aromatic carbocycles. The summed E-state index contributed by atoms with van der Waals surface area (Å²) in [6.07, 6.45) is 1.77. The van der Waals surface area contributed by atoms with Crippen LogP contribution in [-0.2, 0) is 11.0 Å². The van der Waals surface area contributed by atoms with Gasteiger partial charge in [-0.1, -0.05) is 18.2 Å². The molecular formula is C27H26F3N9O2. The van der Waals surface area contributed by atoms with Crippen LogP contribution < -0.4 is 16.4 Å². The molecule has 5 rings (SSSR count). The number of amides is 2. The molecule has 4 N–H and O–H groups in total. The Labute approximate surface area is 232 Å². The Hall–Kier alpha value is -4.85. The molecule has 0 saturated carbocycles. The Kier molecular flexibility index (Phi) is 7.66. The van der Waals surface area contributed by atoms with Crippen molar-refractivity contribution in [3.8, 4) is 11.3 Å². The summed E-state index contributed by atoms with van der Waals surface area (Å²) in [4.78, 5) is 39.3. The summed E-state index contributed by atoms with van der Waals surface area (Å²) in [5, 5.41) is 10.7. The van der Waals surface area contributed by atoms with Gasteiger partial charge in [0.1, 0.15) is 23.7 Å². The highest BCUT2D eigenvalue weighted by molar-refractivity contribution is 6.04. The summed E-state index contributed by atoms with van der Waals surface area (Å²) < 4.78 is 40.7. The monoisotopic (exact) mass is 565 g/mol. The lowest BCUT2D eigenvalue weighted by atomic mass is 10.1. The predicted octanol–water partition coefficient (Wildman–Crippen LogP) is 3.29. The van der Waals surface area contributed by atoms with Crippen LogP contribution in [0.15, 0.2) is 61.1 Å². The van der Waals surface area contributed by atoms with E-state index in [0.717, 1.165) is 18.3 Å². The number of carbonyl (C=O) groups excluding carboxylic acids is 2. The molecule has 0 unspecified atom stereocenters. The van der Waals surface area contributed by atoms with E-state index in [9.17, 15) is 22.8 Å². The number of rotatable bonds is 7. The molecule has 2 amide bonds. The molecule has 0 aliphatic carbocycles. The molecule has 1 atom stereocenters. The number of nitrogens with zero attached hydrogens (tertiary/aromatic N) is 6. The summed E-state index contributed by atoms with van der Waals surface area (Å²) in [6.45, 7) is 1.61. The number of benzene rings is 1. The molecule has 4 aromatic rings. The number of fused-ring (bicyclic) bond motifs is 1. The van der Waals surface area contributed by atoms with Gasteiger partial charge < -0.3 is 21.3 Å². The summed E-state index contributed by atoms with van der Waals surface area (Å²) >= 11 is 0. The molecule has 1 aliphatic rings. The zero-order valence-electron chi connectivity index (χ0n) is 21.9. The van der Waals surface area contributed by atoms with Crippen molar-refractivity contribution in [2.24, 2.45) is 0 Å². The highest BCUT2D eigenvalue weighted by Crippen LogP contribution is 2.34. The number of carbonyl (C=O) groups is 2. The van der Waals surface area contributed by atoms with Crippen molar-refractivity contribution in [3.05, 3.63) is 72.2 Å². The maximum atomic E-state index is 13.0. The fourth-order valence-corrected chi connectivity index (χ4v) is 4.62. The van der Waals surface area contributed by atoms with E-state index in [1.165, 1.54) is 18.5 Å². The predicted molar refractivity (Wildman–Crippen MR) is 146 cm³/mol. The van der Waals surface area contributed by atoms with E-state index in [1.807, 2.05) is 0 Å². The lowest BCUT2D eigenvalue weighted by Crippen LogP contribution is -2.27. The normalized spacial score (nSPS) is 15.6. The highest BCUT2D eigenvalue weighted by atomic mass is 19.4. The van der Waals surface area contributed by atoms with Gasteiger partial charge in [-0.05, 0) is 37.7 Å². The van der Waals surface area contributed by atoms with Crippen LogP contribution in [0.5, 0.6) is 0 Å². The first-order chi connectivity index (χ1) is 19.7. The lowest BCUT2D eigenvalue weighted by Gasteiger charge is -2.15. The Morgan fingerprint density at radius 3 is 2.66 bits per heavy atom. The maximum Gasteiger partial charge on any atom is 0.416 e. The summed E-state index contributed by atoms with van der Waals surface area (Å²) in [7, 11) is 1.80. The number of anilines is 2. The molecule has 1 fully saturated rings. The van der Waals surface area contributed by atoms with Crippen LogP contribution in [0.4, 0.5) is 24.8 Å². The van der Waals surface area contributed by atoms with Gasteiger partial charge >= 0.3 is 6.18 Å². The first kappa shape index (κ1) is 27.7. The molecule has 41 heavy (non-hydrogen) atoms. The Balaban J connectivity index is 1.38. The number of nitrogens with one attached hydrogen (secondary N) is 2. The number of hydrogen-bond acceptors (Lipinski definition) is 8. The van der Waals surface area contributed by atoms with Gasteiger partial charge in [-0.25, -0.2) is 19.6 Å². The second-order valence-corrected chi connectivity index (χ2v) is 9.40. The molecule has 212 valence electrons. The van der Waals surface area contributed by atoms with Gasteiger partial charge in [0, 0.05) is 43.0 Å². The minimum absolute atomic E-state index is 0.0808. The van der Waals surface area contributed by atoms with Gasteiger partial charge in [0.05, 0.1) is 17.0 Å². The zero-order chi connectivity index (χ0) is 29.1. The second kappa shape index (κ2) is 11.3. The van der Waals surface area contributed by atoms with Crippen molar-refractivity contribution in [3.63, 3.8) is 0 Å². The molecule has 1 saturated heterocycles. The van der Waals surface area contributed by atoms with E-state index in [4.69, 9.17) is 10.8 Å². The number of halogens is 3. The second-order valence-electron chi connectivity index (χ2n) is 9.40. The Bertz CT molecular complexity index is 1620. The van der Waals surface area contributed by atoms with E-state index < -0.39 is 17.6 Å². The number of hydrogen-bond donors (Lipinski definition) is 3. The fraction of sp³-hybridized carbons (Fsp3) is 0.259. The molecule has 0 bridgehead atoms. The van der Waals surface area contributed by atoms with Crippen molar-refractivity contribution < 1.29 is 22.8 Å². The summed E-state index contributed by atoms with van der Waals surface area (Å²) in [5.41, 5.74) is 7.17. The largest absolute Gasteiger partial charge is 0.416 e. The number of nitrogen functional groups attached to an aromatic ring is 1. The van der Waals surface area contributed by atoms with Crippen LogP contribution in [-0.4, -0.2) is 68.1 Å². The van der Waals surface area contributed by atoms with Gasteiger partial charge in [-0.15, -0.1) is 0 Å². The van der Waals surface area contributed by atoms with Crippen LogP contribution in [0, 0.1) is 0 Å². The van der Waals surface area contributed by atoms with Gasteiger partial charge in [0.15, 0.2) is 5.65 Å². The van der Waals surface area contributed by atoms with Gasteiger partial charge in [-0.3, -0.25) is 9.59 Å². The maximum absolute atomic E-state index is 13.0. The van der Waals surface area contributed by atoms with E-state index >= 15 is 0 Å². The van der Waals surface area contributed by atoms with E-state index in [2.05, 4.69) is 25.6 Å². The standard InChI is InChI=1S/C27H26F3N9O2/c1-32-10-2-3-21(40)38-12-9-19(14-38)39-25-22(24(31)34-15-35-25)23(37-39)16-4-6-17(7-5-16)26(41)36-20-13-18(8-11-33-20)27(28,29)30/h2-8,11,13,15,19,32H,9-10,12,14H2,1H3,(H2,31,34,35)(H,33,36,41)/b3-2+/t19-/m1/s1. The molecule has 4 heterocycles. The van der Waals surface area contributed by atoms with E-state index in [0.29, 0.717) is 48.3 Å².